The maximum atomic E-state index is 11.5. The average Bonchev–Trinajstić information content (AvgIpc) is 3.22. The van der Waals surface area contributed by atoms with Crippen LogP contribution in [0.5, 0.6) is 0 Å². The summed E-state index contributed by atoms with van der Waals surface area (Å²) in [6.45, 7) is 1.74. The van der Waals surface area contributed by atoms with E-state index in [-0.39, 0.29) is 5.91 Å². The van der Waals surface area contributed by atoms with E-state index in [9.17, 15) is 4.79 Å². The molecule has 4 heteroatoms. The van der Waals surface area contributed by atoms with Crippen LogP contribution in [0.1, 0.15) is 31.2 Å². The number of hydrogen-bond donors (Lipinski definition) is 2. The Morgan fingerprint density at radius 1 is 1.25 bits per heavy atom. The van der Waals surface area contributed by atoms with Crippen LogP contribution >= 0.6 is 0 Å². The van der Waals surface area contributed by atoms with E-state index in [1.54, 1.807) is 0 Å². The minimum atomic E-state index is 0.199. The summed E-state index contributed by atoms with van der Waals surface area (Å²) in [6, 6.07) is 9.01. The number of amides is 1. The van der Waals surface area contributed by atoms with Crippen molar-refractivity contribution in [3.8, 4) is 0 Å². The topological polar surface area (TPSA) is 44.4 Å². The molecule has 0 unspecified atom stereocenters. The summed E-state index contributed by atoms with van der Waals surface area (Å²) >= 11 is 0. The van der Waals surface area contributed by atoms with Gasteiger partial charge < -0.3 is 15.5 Å². The monoisotopic (exact) mass is 275 g/mol. The summed E-state index contributed by atoms with van der Waals surface area (Å²) in [4.78, 5) is 13.6. The molecule has 1 aliphatic carbocycles. The van der Waals surface area contributed by atoms with Crippen LogP contribution in [0.25, 0.3) is 0 Å². The lowest BCUT2D eigenvalue weighted by atomic mass is 10.2. The fraction of sp³-hybridized carbons (Fsp3) is 0.562. The van der Waals surface area contributed by atoms with Gasteiger partial charge in [0.2, 0.25) is 5.91 Å². The molecule has 0 spiro atoms. The lowest BCUT2D eigenvalue weighted by Crippen LogP contribution is -2.26. The van der Waals surface area contributed by atoms with Gasteiger partial charge in [-0.2, -0.15) is 0 Å². The molecule has 0 atom stereocenters. The largest absolute Gasteiger partial charge is 0.378 e. The second-order valence-corrected chi connectivity index (χ2v) is 5.68. The zero-order chi connectivity index (χ0) is 14.4. The van der Waals surface area contributed by atoms with Gasteiger partial charge in [-0.15, -0.1) is 0 Å². The standard InChI is InChI=1S/C16H25N3O/c1-19(2)15-9-5-13(6-10-15)12-17-11-3-4-16(20)18-14-7-8-14/h5-6,9-10,14,17H,3-4,7-8,11-12H2,1-2H3,(H,18,20). The number of rotatable bonds is 8. The minimum Gasteiger partial charge on any atom is -0.378 e. The third-order valence-corrected chi connectivity index (χ3v) is 3.48. The fourth-order valence-corrected chi connectivity index (χ4v) is 2.05. The van der Waals surface area contributed by atoms with Crippen LogP contribution in [0.15, 0.2) is 24.3 Å². The first-order valence-corrected chi connectivity index (χ1v) is 7.41. The lowest BCUT2D eigenvalue weighted by molar-refractivity contribution is -0.121. The number of carbonyl (C=O) groups excluding carboxylic acids is 1. The third kappa shape index (κ3) is 5.21. The molecular formula is C16H25N3O. The Morgan fingerprint density at radius 2 is 1.95 bits per heavy atom. The van der Waals surface area contributed by atoms with E-state index in [1.807, 2.05) is 14.1 Å². The number of nitrogens with one attached hydrogen (secondary N) is 2. The molecule has 0 aliphatic heterocycles. The van der Waals surface area contributed by atoms with Crippen LogP contribution in [0.2, 0.25) is 0 Å². The van der Waals surface area contributed by atoms with Gasteiger partial charge in [0.05, 0.1) is 0 Å². The zero-order valence-electron chi connectivity index (χ0n) is 12.5. The second kappa shape index (κ2) is 7.29. The van der Waals surface area contributed by atoms with Crippen LogP contribution < -0.4 is 15.5 Å². The summed E-state index contributed by atoms with van der Waals surface area (Å²) in [6.07, 6.45) is 3.84. The van der Waals surface area contributed by atoms with Gasteiger partial charge in [-0.25, -0.2) is 0 Å². The maximum Gasteiger partial charge on any atom is 0.220 e. The van der Waals surface area contributed by atoms with Crippen molar-refractivity contribution in [2.75, 3.05) is 25.5 Å². The van der Waals surface area contributed by atoms with Crippen LogP contribution in [-0.4, -0.2) is 32.6 Å². The molecule has 2 rings (SSSR count). The zero-order valence-corrected chi connectivity index (χ0v) is 12.5. The molecule has 1 amide bonds. The second-order valence-electron chi connectivity index (χ2n) is 5.68. The Balaban J connectivity index is 1.57. The number of nitrogens with zero attached hydrogens (tertiary/aromatic N) is 1. The number of benzene rings is 1. The first-order valence-electron chi connectivity index (χ1n) is 7.41. The van der Waals surface area contributed by atoms with Gasteiger partial charge in [0.15, 0.2) is 0 Å². The molecule has 1 saturated carbocycles. The molecular weight excluding hydrogens is 250 g/mol. The van der Waals surface area contributed by atoms with E-state index in [4.69, 9.17) is 0 Å². The summed E-state index contributed by atoms with van der Waals surface area (Å²) in [5.41, 5.74) is 2.49. The normalized spacial score (nSPS) is 14.1. The van der Waals surface area contributed by atoms with E-state index in [1.165, 1.54) is 11.3 Å². The quantitative estimate of drug-likeness (QED) is 0.712. The average molecular weight is 275 g/mol. The Morgan fingerprint density at radius 3 is 2.55 bits per heavy atom. The summed E-state index contributed by atoms with van der Waals surface area (Å²) in [7, 11) is 4.08. The van der Waals surface area contributed by atoms with Crippen LogP contribution in [-0.2, 0) is 11.3 Å². The van der Waals surface area contributed by atoms with Crippen LogP contribution in [0.3, 0.4) is 0 Å². The molecule has 4 nitrogen and oxygen atoms in total. The van der Waals surface area contributed by atoms with Crippen molar-refractivity contribution in [2.45, 2.75) is 38.3 Å². The molecule has 0 saturated heterocycles. The number of anilines is 1. The van der Waals surface area contributed by atoms with Crippen molar-refractivity contribution in [3.05, 3.63) is 29.8 Å². The van der Waals surface area contributed by atoms with Crippen molar-refractivity contribution in [3.63, 3.8) is 0 Å². The van der Waals surface area contributed by atoms with Crippen molar-refractivity contribution in [1.29, 1.82) is 0 Å². The van der Waals surface area contributed by atoms with Gasteiger partial charge in [0.1, 0.15) is 0 Å². The number of hydrogen-bond acceptors (Lipinski definition) is 3. The molecule has 110 valence electrons. The SMILES string of the molecule is CN(C)c1ccc(CNCCCC(=O)NC2CC2)cc1. The van der Waals surface area contributed by atoms with E-state index >= 15 is 0 Å². The number of carbonyl (C=O) groups is 1. The van der Waals surface area contributed by atoms with Gasteiger partial charge in [-0.05, 0) is 43.5 Å². The van der Waals surface area contributed by atoms with Crippen molar-refractivity contribution >= 4 is 11.6 Å². The molecule has 1 aromatic rings. The molecule has 20 heavy (non-hydrogen) atoms. The third-order valence-electron chi connectivity index (χ3n) is 3.48. The molecule has 0 radical (unpaired) electrons. The van der Waals surface area contributed by atoms with Gasteiger partial charge >= 0.3 is 0 Å². The predicted molar refractivity (Wildman–Crippen MR) is 82.9 cm³/mol. The fourth-order valence-electron chi connectivity index (χ4n) is 2.05. The molecule has 0 bridgehead atoms. The predicted octanol–water partition coefficient (Wildman–Crippen LogP) is 1.90. The van der Waals surface area contributed by atoms with Gasteiger partial charge in [-0.1, -0.05) is 12.1 Å². The van der Waals surface area contributed by atoms with Crippen molar-refractivity contribution in [2.24, 2.45) is 0 Å². The molecule has 0 heterocycles. The minimum absolute atomic E-state index is 0.199. The highest BCUT2D eigenvalue weighted by Gasteiger charge is 2.22. The first-order chi connectivity index (χ1) is 9.65. The Bertz CT molecular complexity index is 424. The smallest absolute Gasteiger partial charge is 0.220 e. The van der Waals surface area contributed by atoms with Crippen LogP contribution in [0, 0.1) is 0 Å². The Hall–Kier alpha value is -1.55. The van der Waals surface area contributed by atoms with Crippen LogP contribution in [0.4, 0.5) is 5.69 Å². The summed E-state index contributed by atoms with van der Waals surface area (Å²) in [5, 5.41) is 6.39. The highest BCUT2D eigenvalue weighted by molar-refractivity contribution is 5.76. The lowest BCUT2D eigenvalue weighted by Gasteiger charge is -2.12. The van der Waals surface area contributed by atoms with E-state index < -0.39 is 0 Å². The maximum absolute atomic E-state index is 11.5. The Kier molecular flexibility index (Phi) is 5.41. The highest BCUT2D eigenvalue weighted by Crippen LogP contribution is 2.18. The van der Waals surface area contributed by atoms with Gasteiger partial charge in [-0.3, -0.25) is 4.79 Å². The summed E-state index contributed by atoms with van der Waals surface area (Å²) in [5.74, 6) is 0.199. The molecule has 1 aliphatic rings. The van der Waals surface area contributed by atoms with E-state index in [2.05, 4.69) is 39.8 Å². The first kappa shape index (κ1) is 14.9. The van der Waals surface area contributed by atoms with Crippen molar-refractivity contribution < 1.29 is 4.79 Å². The molecule has 2 N–H and O–H groups in total. The van der Waals surface area contributed by atoms with Crippen molar-refractivity contribution in [1.82, 2.24) is 10.6 Å². The van der Waals surface area contributed by atoms with E-state index in [0.29, 0.717) is 12.5 Å². The highest BCUT2D eigenvalue weighted by atomic mass is 16.1. The molecule has 1 aromatic carbocycles. The Labute approximate surface area is 121 Å². The van der Waals surface area contributed by atoms with Gasteiger partial charge in [0, 0.05) is 38.8 Å². The van der Waals surface area contributed by atoms with E-state index in [0.717, 1.165) is 32.4 Å². The molecule has 0 aromatic heterocycles. The summed E-state index contributed by atoms with van der Waals surface area (Å²) < 4.78 is 0. The van der Waals surface area contributed by atoms with Gasteiger partial charge in [0.25, 0.3) is 0 Å². The molecule has 1 fully saturated rings.